The van der Waals surface area contributed by atoms with Crippen LogP contribution in [0.15, 0.2) is 0 Å². The summed E-state index contributed by atoms with van der Waals surface area (Å²) in [6.07, 6.45) is 6.01. The number of fused-ring (bicyclic) bond motifs is 1. The van der Waals surface area contributed by atoms with E-state index in [4.69, 9.17) is 0 Å². The van der Waals surface area contributed by atoms with Crippen LogP contribution in [-0.4, -0.2) is 5.75 Å². The van der Waals surface area contributed by atoms with Crippen LogP contribution in [0.3, 0.4) is 0 Å². The molecule has 0 unspecified atom stereocenters. The first-order chi connectivity index (χ1) is 4.40. The fourth-order valence-corrected chi connectivity index (χ4v) is 2.45. The molecule has 0 radical (unpaired) electrons. The van der Waals surface area contributed by atoms with Crippen LogP contribution >= 0.6 is 12.6 Å². The van der Waals surface area contributed by atoms with E-state index in [1.165, 1.54) is 19.3 Å². The van der Waals surface area contributed by atoms with E-state index >= 15 is 0 Å². The van der Waals surface area contributed by atoms with Crippen LogP contribution < -0.4 is 0 Å². The molecule has 0 aromatic rings. The van der Waals surface area contributed by atoms with E-state index in [-0.39, 0.29) is 0 Å². The molecule has 0 spiro atoms. The third kappa shape index (κ3) is 1.12. The largest absolute Gasteiger partial charge is 0.179 e. The zero-order valence-electron chi connectivity index (χ0n) is 5.71. The predicted octanol–water partition coefficient (Wildman–Crippen LogP) is 2.35. The molecule has 0 aromatic carbocycles. The van der Waals surface area contributed by atoms with Gasteiger partial charge in [0.2, 0.25) is 0 Å². The normalized spacial score (nSPS) is 48.3. The van der Waals surface area contributed by atoms with E-state index in [0.29, 0.717) is 0 Å². The van der Waals surface area contributed by atoms with Gasteiger partial charge in [0, 0.05) is 0 Å². The molecule has 0 amide bonds. The Balaban J connectivity index is 1.86. The fourth-order valence-electron chi connectivity index (χ4n) is 2.11. The lowest BCUT2D eigenvalue weighted by atomic mass is 9.91. The molecule has 2 rings (SSSR count). The zero-order chi connectivity index (χ0) is 6.27. The predicted molar refractivity (Wildman–Crippen MR) is 42.8 cm³/mol. The maximum atomic E-state index is 4.32. The molecule has 1 heteroatoms. The van der Waals surface area contributed by atoms with E-state index in [1.54, 1.807) is 6.42 Å². The summed E-state index contributed by atoms with van der Waals surface area (Å²) in [7, 11) is 0. The van der Waals surface area contributed by atoms with Gasteiger partial charge in [0.15, 0.2) is 0 Å². The van der Waals surface area contributed by atoms with Gasteiger partial charge >= 0.3 is 0 Å². The Labute approximate surface area is 62.4 Å². The molecular weight excluding hydrogens is 128 g/mol. The minimum absolute atomic E-state index is 0.970. The van der Waals surface area contributed by atoms with Gasteiger partial charge in [-0.25, -0.2) is 0 Å². The molecule has 0 heterocycles. The SMILES string of the molecule is SC[C@@H]1CC[C@@H]2C[C@@H]2C1. The Morgan fingerprint density at radius 1 is 1.11 bits per heavy atom. The Bertz CT molecular complexity index is 111. The fraction of sp³-hybridized carbons (Fsp3) is 1.00. The lowest BCUT2D eigenvalue weighted by Crippen LogP contribution is -2.09. The van der Waals surface area contributed by atoms with Crippen LogP contribution in [0.4, 0.5) is 0 Å². The lowest BCUT2D eigenvalue weighted by molar-refractivity contribution is 0.374. The van der Waals surface area contributed by atoms with Crippen molar-refractivity contribution in [2.45, 2.75) is 25.7 Å². The highest BCUT2D eigenvalue weighted by Crippen LogP contribution is 2.51. The van der Waals surface area contributed by atoms with E-state index in [2.05, 4.69) is 12.6 Å². The number of hydrogen-bond acceptors (Lipinski definition) is 1. The topological polar surface area (TPSA) is 0 Å². The standard InChI is InChI=1S/C8H14S/c9-5-6-1-2-7-4-8(7)3-6/h6-9H,1-5H2/t6-,7-,8+/m1/s1. The average molecular weight is 142 g/mol. The summed E-state index contributed by atoms with van der Waals surface area (Å²) in [5.41, 5.74) is 0. The second kappa shape index (κ2) is 2.19. The minimum atomic E-state index is 0.970. The van der Waals surface area contributed by atoms with Gasteiger partial charge in [0.05, 0.1) is 0 Å². The maximum absolute atomic E-state index is 4.32. The summed E-state index contributed by atoms with van der Waals surface area (Å²) >= 11 is 4.32. The number of hydrogen-bond donors (Lipinski definition) is 1. The van der Waals surface area contributed by atoms with Crippen molar-refractivity contribution >= 4 is 12.6 Å². The number of thiol groups is 1. The summed E-state index contributed by atoms with van der Waals surface area (Å²) in [6, 6.07) is 0. The molecule has 3 atom stereocenters. The average Bonchev–Trinajstić information content (AvgIpc) is 2.64. The molecule has 2 saturated carbocycles. The molecule has 0 saturated heterocycles. The molecule has 0 aliphatic heterocycles. The van der Waals surface area contributed by atoms with Crippen LogP contribution in [0.25, 0.3) is 0 Å². The monoisotopic (exact) mass is 142 g/mol. The molecule has 0 bridgehead atoms. The van der Waals surface area contributed by atoms with Crippen molar-refractivity contribution in [3.63, 3.8) is 0 Å². The Morgan fingerprint density at radius 2 is 2.00 bits per heavy atom. The van der Waals surface area contributed by atoms with Gasteiger partial charge in [-0.3, -0.25) is 0 Å². The molecule has 9 heavy (non-hydrogen) atoms. The highest BCUT2D eigenvalue weighted by Gasteiger charge is 2.41. The van der Waals surface area contributed by atoms with Crippen molar-refractivity contribution < 1.29 is 0 Å². The van der Waals surface area contributed by atoms with Crippen LogP contribution in [0.2, 0.25) is 0 Å². The zero-order valence-corrected chi connectivity index (χ0v) is 6.61. The van der Waals surface area contributed by atoms with Crippen LogP contribution in [0.5, 0.6) is 0 Å². The summed E-state index contributed by atoms with van der Waals surface area (Å²) in [4.78, 5) is 0. The number of rotatable bonds is 1. The van der Waals surface area contributed by atoms with Gasteiger partial charge in [-0.05, 0) is 49.2 Å². The van der Waals surface area contributed by atoms with Crippen LogP contribution in [-0.2, 0) is 0 Å². The van der Waals surface area contributed by atoms with Gasteiger partial charge < -0.3 is 0 Å². The Hall–Kier alpha value is 0.350. The molecule has 0 nitrogen and oxygen atoms in total. The first-order valence-electron chi connectivity index (χ1n) is 4.01. The first-order valence-corrected chi connectivity index (χ1v) is 4.64. The van der Waals surface area contributed by atoms with Gasteiger partial charge in [-0.2, -0.15) is 12.6 Å². The molecule has 52 valence electrons. The summed E-state index contributed by atoms with van der Waals surface area (Å²) < 4.78 is 0. The second-order valence-corrected chi connectivity index (χ2v) is 3.98. The van der Waals surface area contributed by atoms with Crippen molar-refractivity contribution in [2.75, 3.05) is 5.75 Å². The van der Waals surface area contributed by atoms with E-state index < -0.39 is 0 Å². The van der Waals surface area contributed by atoms with Gasteiger partial charge in [-0.1, -0.05) is 0 Å². The minimum Gasteiger partial charge on any atom is -0.179 e. The lowest BCUT2D eigenvalue weighted by Gasteiger charge is -2.18. The molecule has 2 aliphatic rings. The van der Waals surface area contributed by atoms with Crippen LogP contribution in [0.1, 0.15) is 25.7 Å². The molecule has 0 N–H and O–H groups in total. The molecule has 2 aliphatic carbocycles. The van der Waals surface area contributed by atoms with Crippen molar-refractivity contribution in [1.82, 2.24) is 0 Å². The highest BCUT2D eigenvalue weighted by molar-refractivity contribution is 7.80. The van der Waals surface area contributed by atoms with Crippen molar-refractivity contribution in [2.24, 2.45) is 17.8 Å². The van der Waals surface area contributed by atoms with Crippen LogP contribution in [0, 0.1) is 17.8 Å². The molecular formula is C8H14S. The quantitative estimate of drug-likeness (QED) is 0.534. The van der Waals surface area contributed by atoms with E-state index in [1.807, 2.05) is 0 Å². The van der Waals surface area contributed by atoms with Gasteiger partial charge in [0.1, 0.15) is 0 Å². The highest BCUT2D eigenvalue weighted by atomic mass is 32.1. The van der Waals surface area contributed by atoms with Crippen molar-refractivity contribution in [3.8, 4) is 0 Å². The van der Waals surface area contributed by atoms with E-state index in [9.17, 15) is 0 Å². The third-order valence-corrected chi connectivity index (χ3v) is 3.43. The van der Waals surface area contributed by atoms with Gasteiger partial charge in [-0.15, -0.1) is 0 Å². The summed E-state index contributed by atoms with van der Waals surface area (Å²) in [6.45, 7) is 0. The van der Waals surface area contributed by atoms with Crippen molar-refractivity contribution in [3.05, 3.63) is 0 Å². The Kier molecular flexibility index (Phi) is 1.48. The Morgan fingerprint density at radius 3 is 2.67 bits per heavy atom. The molecule has 2 fully saturated rings. The van der Waals surface area contributed by atoms with E-state index in [0.717, 1.165) is 23.5 Å². The first kappa shape index (κ1) is 6.09. The van der Waals surface area contributed by atoms with Crippen molar-refractivity contribution in [1.29, 1.82) is 0 Å². The molecule has 0 aromatic heterocycles. The van der Waals surface area contributed by atoms with Gasteiger partial charge in [0.25, 0.3) is 0 Å². The third-order valence-electron chi connectivity index (χ3n) is 2.91. The maximum Gasteiger partial charge on any atom is -0.00694 e. The summed E-state index contributed by atoms with van der Waals surface area (Å²) in [5, 5.41) is 0. The second-order valence-electron chi connectivity index (χ2n) is 3.62. The smallest absolute Gasteiger partial charge is 0.00694 e. The summed E-state index contributed by atoms with van der Waals surface area (Å²) in [5.74, 6) is 4.39.